The molecule has 1 unspecified atom stereocenters. The van der Waals surface area contributed by atoms with Crippen LogP contribution in [0.2, 0.25) is 0 Å². The van der Waals surface area contributed by atoms with Gasteiger partial charge >= 0.3 is 5.97 Å². The van der Waals surface area contributed by atoms with Gasteiger partial charge < -0.3 is 14.0 Å². The molecule has 3 aromatic rings. The third-order valence-corrected chi connectivity index (χ3v) is 6.91. The molecule has 3 aromatic heterocycles. The number of likely N-dealkylation sites (N-methyl/N-ethyl adjacent to an activating group) is 1. The molecule has 0 saturated carbocycles. The lowest BCUT2D eigenvalue weighted by Gasteiger charge is -2.38. The van der Waals surface area contributed by atoms with E-state index in [4.69, 9.17) is 4.74 Å². The average Bonchev–Trinajstić information content (AvgIpc) is 3.21. The maximum Gasteiger partial charge on any atom is 0.338 e. The molecule has 0 amide bonds. The van der Waals surface area contributed by atoms with Gasteiger partial charge in [-0.25, -0.2) is 4.79 Å². The zero-order valence-electron chi connectivity index (χ0n) is 20.8. The van der Waals surface area contributed by atoms with Crippen LogP contribution in [0.4, 0.5) is 0 Å². The van der Waals surface area contributed by atoms with Crippen molar-refractivity contribution in [3.05, 3.63) is 59.2 Å². The molecular formula is C27H36N4O2. The minimum atomic E-state index is -0.260. The van der Waals surface area contributed by atoms with E-state index < -0.39 is 0 Å². The summed E-state index contributed by atoms with van der Waals surface area (Å²) in [5.41, 5.74) is 6.95. The van der Waals surface area contributed by atoms with Crippen molar-refractivity contribution in [2.45, 2.75) is 53.7 Å². The lowest BCUT2D eigenvalue weighted by atomic mass is 9.99. The minimum Gasteiger partial charge on any atom is -0.459 e. The molecule has 1 fully saturated rings. The van der Waals surface area contributed by atoms with E-state index >= 15 is 0 Å². The molecule has 0 radical (unpaired) electrons. The number of esters is 1. The molecule has 0 N–H and O–H groups in total. The zero-order valence-corrected chi connectivity index (χ0v) is 20.8. The Morgan fingerprint density at radius 2 is 1.82 bits per heavy atom. The third-order valence-electron chi connectivity index (χ3n) is 6.91. The van der Waals surface area contributed by atoms with Crippen molar-refractivity contribution in [1.82, 2.24) is 19.2 Å². The van der Waals surface area contributed by atoms with Crippen LogP contribution in [0.3, 0.4) is 0 Å². The molecule has 0 aliphatic carbocycles. The SMILES string of the molecule is CCN1CCN(C(C)c2c(C)c(C(=O)OC(C)C)cc3c(-c4cccnc4C)ccn23)CC1. The highest BCUT2D eigenvalue weighted by Gasteiger charge is 2.28. The summed E-state index contributed by atoms with van der Waals surface area (Å²) in [5, 5.41) is 0. The predicted octanol–water partition coefficient (Wildman–Crippen LogP) is 4.88. The Morgan fingerprint density at radius 3 is 2.45 bits per heavy atom. The maximum absolute atomic E-state index is 13.1. The average molecular weight is 449 g/mol. The Bertz CT molecular complexity index is 1140. The smallest absolute Gasteiger partial charge is 0.338 e. The van der Waals surface area contributed by atoms with Crippen LogP contribution in [0.1, 0.15) is 61.0 Å². The Labute approximate surface area is 197 Å². The van der Waals surface area contributed by atoms with Gasteiger partial charge in [0.15, 0.2) is 0 Å². The Kier molecular flexibility index (Phi) is 6.86. The second-order valence-electron chi connectivity index (χ2n) is 9.29. The summed E-state index contributed by atoms with van der Waals surface area (Å²) in [6, 6.07) is 8.37. The van der Waals surface area contributed by atoms with Gasteiger partial charge in [0.1, 0.15) is 0 Å². The summed E-state index contributed by atoms with van der Waals surface area (Å²) in [5.74, 6) is -0.260. The van der Waals surface area contributed by atoms with E-state index in [0.29, 0.717) is 5.56 Å². The number of hydrogen-bond donors (Lipinski definition) is 0. The lowest BCUT2D eigenvalue weighted by Crippen LogP contribution is -2.47. The number of hydrogen-bond acceptors (Lipinski definition) is 5. The Balaban J connectivity index is 1.86. The highest BCUT2D eigenvalue weighted by molar-refractivity contribution is 5.95. The van der Waals surface area contributed by atoms with Gasteiger partial charge in [-0.05, 0) is 64.9 Å². The van der Waals surface area contributed by atoms with E-state index in [2.05, 4.69) is 58.3 Å². The van der Waals surface area contributed by atoms with Crippen LogP contribution in [-0.4, -0.2) is 64.0 Å². The number of aromatic nitrogens is 2. The number of rotatable bonds is 6. The van der Waals surface area contributed by atoms with Crippen molar-refractivity contribution >= 4 is 11.5 Å². The molecule has 1 atom stereocenters. The van der Waals surface area contributed by atoms with Gasteiger partial charge in [0.2, 0.25) is 0 Å². The molecule has 6 nitrogen and oxygen atoms in total. The molecule has 176 valence electrons. The summed E-state index contributed by atoms with van der Waals surface area (Å²) < 4.78 is 7.90. The second-order valence-corrected chi connectivity index (χ2v) is 9.29. The zero-order chi connectivity index (χ0) is 23.7. The van der Waals surface area contributed by atoms with Gasteiger partial charge in [0.25, 0.3) is 0 Å². The normalized spacial score (nSPS) is 16.5. The van der Waals surface area contributed by atoms with Crippen molar-refractivity contribution < 1.29 is 9.53 Å². The number of ether oxygens (including phenoxy) is 1. The van der Waals surface area contributed by atoms with Crippen LogP contribution in [0.25, 0.3) is 16.6 Å². The van der Waals surface area contributed by atoms with Crippen LogP contribution < -0.4 is 0 Å². The van der Waals surface area contributed by atoms with Crippen LogP contribution in [0, 0.1) is 13.8 Å². The third kappa shape index (κ3) is 4.55. The van der Waals surface area contributed by atoms with Crippen LogP contribution in [0.5, 0.6) is 0 Å². The van der Waals surface area contributed by atoms with E-state index in [1.165, 1.54) is 0 Å². The fourth-order valence-corrected chi connectivity index (χ4v) is 5.01. The van der Waals surface area contributed by atoms with E-state index in [9.17, 15) is 4.79 Å². The number of carbonyl (C=O) groups excluding carboxylic acids is 1. The molecule has 0 bridgehead atoms. The molecule has 33 heavy (non-hydrogen) atoms. The molecule has 1 aliphatic rings. The lowest BCUT2D eigenvalue weighted by molar-refractivity contribution is 0.0376. The number of pyridine rings is 2. The van der Waals surface area contributed by atoms with Gasteiger partial charge in [0, 0.05) is 67.1 Å². The Hall–Kier alpha value is -2.70. The molecule has 0 spiro atoms. The quantitative estimate of drug-likeness (QED) is 0.503. The van der Waals surface area contributed by atoms with Crippen molar-refractivity contribution in [2.75, 3.05) is 32.7 Å². The number of carbonyl (C=O) groups is 1. The summed E-state index contributed by atoms with van der Waals surface area (Å²) in [4.78, 5) is 22.6. The number of aryl methyl sites for hydroxylation is 1. The molecule has 4 heterocycles. The second kappa shape index (κ2) is 9.65. The minimum absolute atomic E-state index is 0.164. The molecule has 1 aliphatic heterocycles. The first kappa shape index (κ1) is 23.5. The Morgan fingerprint density at radius 1 is 1.09 bits per heavy atom. The fourth-order valence-electron chi connectivity index (χ4n) is 5.01. The molecular weight excluding hydrogens is 412 g/mol. The van der Waals surface area contributed by atoms with E-state index in [1.54, 1.807) is 0 Å². The monoisotopic (exact) mass is 448 g/mol. The van der Waals surface area contributed by atoms with E-state index in [0.717, 1.165) is 66.3 Å². The largest absolute Gasteiger partial charge is 0.459 e. The first-order valence-corrected chi connectivity index (χ1v) is 12.1. The highest BCUT2D eigenvalue weighted by Crippen LogP contribution is 2.34. The predicted molar refractivity (Wildman–Crippen MR) is 133 cm³/mol. The summed E-state index contributed by atoms with van der Waals surface area (Å²) in [7, 11) is 0. The number of piperazine rings is 1. The maximum atomic E-state index is 13.1. The number of nitrogens with zero attached hydrogens (tertiary/aromatic N) is 4. The van der Waals surface area contributed by atoms with Gasteiger partial charge in [-0.3, -0.25) is 9.88 Å². The number of fused-ring (bicyclic) bond motifs is 1. The molecule has 0 aromatic carbocycles. The fraction of sp³-hybridized carbons (Fsp3) is 0.481. The van der Waals surface area contributed by atoms with Crippen molar-refractivity contribution in [1.29, 1.82) is 0 Å². The van der Waals surface area contributed by atoms with Crippen LogP contribution in [-0.2, 0) is 4.74 Å². The van der Waals surface area contributed by atoms with E-state index in [-0.39, 0.29) is 18.1 Å². The first-order chi connectivity index (χ1) is 15.8. The standard InChI is InChI=1S/C27H36N4O2/c1-7-29-13-15-30(16-14-29)21(6)26-19(4)24(27(32)33-18(2)3)17-25-23(10-12-31(25)26)22-9-8-11-28-20(22)5/h8-12,17-18,21H,7,13-16H2,1-6H3. The molecule has 6 heteroatoms. The van der Waals surface area contributed by atoms with Gasteiger partial charge in [-0.2, -0.15) is 0 Å². The van der Waals surface area contributed by atoms with Crippen molar-refractivity contribution in [2.24, 2.45) is 0 Å². The van der Waals surface area contributed by atoms with Crippen LogP contribution >= 0.6 is 0 Å². The van der Waals surface area contributed by atoms with Gasteiger partial charge in [0.05, 0.1) is 17.2 Å². The van der Waals surface area contributed by atoms with Crippen molar-refractivity contribution in [3.8, 4) is 11.1 Å². The van der Waals surface area contributed by atoms with Crippen LogP contribution in [0.15, 0.2) is 36.7 Å². The van der Waals surface area contributed by atoms with Crippen molar-refractivity contribution in [3.63, 3.8) is 0 Å². The first-order valence-electron chi connectivity index (χ1n) is 12.1. The van der Waals surface area contributed by atoms with Gasteiger partial charge in [-0.1, -0.05) is 13.0 Å². The summed E-state index contributed by atoms with van der Waals surface area (Å²) >= 11 is 0. The van der Waals surface area contributed by atoms with E-state index in [1.807, 2.05) is 39.1 Å². The molecule has 4 rings (SSSR count). The molecule has 1 saturated heterocycles. The summed E-state index contributed by atoms with van der Waals surface area (Å²) in [6.07, 6.45) is 3.79. The highest BCUT2D eigenvalue weighted by atomic mass is 16.5. The van der Waals surface area contributed by atoms with Gasteiger partial charge in [-0.15, -0.1) is 0 Å². The summed E-state index contributed by atoms with van der Waals surface area (Å²) in [6.45, 7) is 17.6. The topological polar surface area (TPSA) is 50.1 Å².